The third kappa shape index (κ3) is 1.93. The van der Waals surface area contributed by atoms with Crippen molar-refractivity contribution in [3.8, 4) is 11.5 Å². The van der Waals surface area contributed by atoms with Crippen LogP contribution in [0.5, 0.6) is 11.5 Å². The van der Waals surface area contributed by atoms with E-state index in [0.717, 1.165) is 30.5 Å². The first-order valence-corrected chi connectivity index (χ1v) is 7.24. The van der Waals surface area contributed by atoms with E-state index in [4.69, 9.17) is 9.47 Å². The van der Waals surface area contributed by atoms with Gasteiger partial charge in [0.05, 0.1) is 18.4 Å². The number of aromatic amines is 1. The molecule has 112 valence electrons. The molecule has 1 aromatic carbocycles. The highest BCUT2D eigenvalue weighted by molar-refractivity contribution is 5.90. The molecule has 5 nitrogen and oxygen atoms in total. The molecule has 22 heavy (non-hydrogen) atoms. The predicted molar refractivity (Wildman–Crippen MR) is 79.5 cm³/mol. The van der Waals surface area contributed by atoms with E-state index in [9.17, 15) is 9.59 Å². The highest BCUT2D eigenvalue weighted by Crippen LogP contribution is 2.55. The number of rotatable bonds is 1. The zero-order valence-electron chi connectivity index (χ0n) is 12.1. The molecule has 2 aliphatic rings. The first kappa shape index (κ1) is 13.1. The number of esters is 1. The molecular weight excluding hydrogens is 282 g/mol. The maximum atomic E-state index is 11.7. The van der Waals surface area contributed by atoms with E-state index in [2.05, 4.69) is 4.98 Å². The summed E-state index contributed by atoms with van der Waals surface area (Å²) in [6, 6.07) is 8.53. The molecule has 5 heteroatoms. The Balaban J connectivity index is 1.85. The lowest BCUT2D eigenvalue weighted by Gasteiger charge is -2.13. The van der Waals surface area contributed by atoms with E-state index in [1.54, 1.807) is 18.2 Å². The molecule has 0 radical (unpaired) electrons. The molecule has 0 unspecified atom stereocenters. The molecule has 4 rings (SSSR count). The van der Waals surface area contributed by atoms with Gasteiger partial charge >= 0.3 is 5.97 Å². The molecule has 1 aromatic heterocycles. The van der Waals surface area contributed by atoms with Crippen molar-refractivity contribution in [3.05, 3.63) is 57.5 Å². The molecular formula is C17H15NO4. The van der Waals surface area contributed by atoms with Crippen molar-refractivity contribution >= 4 is 5.97 Å². The van der Waals surface area contributed by atoms with Gasteiger partial charge in [0.1, 0.15) is 11.5 Å². The lowest BCUT2D eigenvalue weighted by molar-refractivity contribution is 0.0600. The Bertz CT molecular complexity index is 833. The topological polar surface area (TPSA) is 68.4 Å². The van der Waals surface area contributed by atoms with Crippen molar-refractivity contribution in [1.29, 1.82) is 0 Å². The van der Waals surface area contributed by atoms with Crippen LogP contribution in [-0.4, -0.2) is 18.1 Å². The highest BCUT2D eigenvalue weighted by Gasteiger charge is 2.48. The van der Waals surface area contributed by atoms with Crippen molar-refractivity contribution in [1.82, 2.24) is 4.98 Å². The number of fused-ring (bicyclic) bond motifs is 3. The van der Waals surface area contributed by atoms with Gasteiger partial charge in [-0.1, -0.05) is 6.07 Å². The second-order valence-corrected chi connectivity index (χ2v) is 5.94. The maximum absolute atomic E-state index is 11.7. The van der Waals surface area contributed by atoms with Crippen LogP contribution in [0, 0.1) is 0 Å². The first-order valence-electron chi connectivity index (χ1n) is 7.24. The Morgan fingerprint density at radius 3 is 2.77 bits per heavy atom. The molecule has 0 amide bonds. The zero-order valence-corrected chi connectivity index (χ0v) is 12.1. The van der Waals surface area contributed by atoms with Crippen LogP contribution in [-0.2, 0) is 16.6 Å². The zero-order chi connectivity index (χ0) is 15.3. The molecule has 2 aromatic rings. The van der Waals surface area contributed by atoms with E-state index < -0.39 is 5.97 Å². The minimum Gasteiger partial charge on any atom is -0.465 e. The number of hydrogen-bond acceptors (Lipinski definition) is 4. The largest absolute Gasteiger partial charge is 0.465 e. The number of carbonyl (C=O) groups is 1. The predicted octanol–water partition coefficient (Wildman–Crippen LogP) is 2.54. The smallest absolute Gasteiger partial charge is 0.337 e. The van der Waals surface area contributed by atoms with E-state index in [-0.39, 0.29) is 11.0 Å². The number of ether oxygens (including phenoxy) is 2. The minimum absolute atomic E-state index is 0.0339. The molecule has 1 fully saturated rings. The van der Waals surface area contributed by atoms with Crippen molar-refractivity contribution in [2.75, 3.05) is 7.11 Å². The molecule has 2 heterocycles. The number of nitrogens with one attached hydrogen (secondary N) is 1. The fraction of sp³-hybridized carbons (Fsp3) is 0.294. The monoisotopic (exact) mass is 297 g/mol. The fourth-order valence-corrected chi connectivity index (χ4v) is 3.13. The van der Waals surface area contributed by atoms with Crippen LogP contribution in [0.15, 0.2) is 35.1 Å². The minimum atomic E-state index is -0.390. The molecule has 0 bridgehead atoms. The normalized spacial score (nSPS) is 17.0. The fourth-order valence-electron chi connectivity index (χ4n) is 3.13. The molecule has 1 spiro atoms. The quantitative estimate of drug-likeness (QED) is 0.821. The Labute approximate surface area is 126 Å². The summed E-state index contributed by atoms with van der Waals surface area (Å²) < 4.78 is 10.7. The number of methoxy groups -OCH3 is 1. The maximum Gasteiger partial charge on any atom is 0.337 e. The van der Waals surface area contributed by atoms with Gasteiger partial charge < -0.3 is 14.5 Å². The van der Waals surface area contributed by atoms with Crippen molar-refractivity contribution < 1.29 is 14.3 Å². The lowest BCUT2D eigenvalue weighted by Crippen LogP contribution is -2.17. The summed E-state index contributed by atoms with van der Waals surface area (Å²) in [5.74, 6) is 0.927. The van der Waals surface area contributed by atoms with E-state index in [1.165, 1.54) is 13.2 Å². The van der Waals surface area contributed by atoms with Gasteiger partial charge in [-0.2, -0.15) is 0 Å². The van der Waals surface area contributed by atoms with Crippen LogP contribution in [0.4, 0.5) is 0 Å². The third-order valence-electron chi connectivity index (χ3n) is 4.50. The average molecular weight is 297 g/mol. The number of aromatic nitrogens is 1. The molecule has 0 saturated heterocycles. The Kier molecular flexibility index (Phi) is 2.66. The van der Waals surface area contributed by atoms with E-state index in [1.807, 2.05) is 6.07 Å². The van der Waals surface area contributed by atoms with Gasteiger partial charge in [0.25, 0.3) is 0 Å². The van der Waals surface area contributed by atoms with Gasteiger partial charge in [-0.3, -0.25) is 4.79 Å². The van der Waals surface area contributed by atoms with Crippen LogP contribution in [0.25, 0.3) is 0 Å². The number of benzene rings is 1. The summed E-state index contributed by atoms with van der Waals surface area (Å²) in [6.45, 7) is 0. The first-order chi connectivity index (χ1) is 10.6. The number of H-pyrrole nitrogens is 1. The highest BCUT2D eigenvalue weighted by atomic mass is 16.5. The van der Waals surface area contributed by atoms with Crippen LogP contribution >= 0.6 is 0 Å². The van der Waals surface area contributed by atoms with E-state index in [0.29, 0.717) is 17.1 Å². The molecule has 1 aliphatic heterocycles. The lowest BCUT2D eigenvalue weighted by atomic mass is 9.92. The molecule has 1 aliphatic carbocycles. The molecule has 1 N–H and O–H groups in total. The summed E-state index contributed by atoms with van der Waals surface area (Å²) in [6.07, 6.45) is 2.86. The Morgan fingerprint density at radius 2 is 2.05 bits per heavy atom. The van der Waals surface area contributed by atoms with Crippen molar-refractivity contribution in [3.63, 3.8) is 0 Å². The molecule has 1 saturated carbocycles. The second-order valence-electron chi connectivity index (χ2n) is 5.94. The number of carbonyl (C=O) groups excluding carboxylic acids is 1. The van der Waals surface area contributed by atoms with Crippen molar-refractivity contribution in [2.24, 2.45) is 0 Å². The van der Waals surface area contributed by atoms with Crippen LogP contribution in [0.3, 0.4) is 0 Å². The number of hydrogen-bond donors (Lipinski definition) is 1. The summed E-state index contributed by atoms with van der Waals surface area (Å²) in [7, 11) is 1.36. The SMILES string of the molecule is COC(=O)c1ccc2c(c1)Oc1ccc(=O)[nH]c1C1(CC1)C2. The average Bonchev–Trinajstić information content (AvgIpc) is 3.31. The Hall–Kier alpha value is -2.56. The van der Waals surface area contributed by atoms with Gasteiger partial charge in [-0.05, 0) is 43.0 Å². The van der Waals surface area contributed by atoms with Gasteiger partial charge in [-0.25, -0.2) is 4.79 Å². The standard InChI is InChI=1S/C17H15NO4/c1-21-16(20)10-2-3-11-9-17(6-7-17)15-12(22-13(11)8-10)4-5-14(19)18-15/h2-5,8H,6-7,9H2,1H3,(H,18,19). The second kappa shape index (κ2) is 4.47. The van der Waals surface area contributed by atoms with Gasteiger partial charge in [-0.15, -0.1) is 0 Å². The van der Waals surface area contributed by atoms with Crippen LogP contribution in [0.2, 0.25) is 0 Å². The van der Waals surface area contributed by atoms with Gasteiger partial charge in [0.2, 0.25) is 5.56 Å². The van der Waals surface area contributed by atoms with E-state index >= 15 is 0 Å². The summed E-state index contributed by atoms with van der Waals surface area (Å²) in [4.78, 5) is 26.3. The summed E-state index contributed by atoms with van der Waals surface area (Å²) >= 11 is 0. The number of pyridine rings is 1. The molecule has 0 atom stereocenters. The summed E-state index contributed by atoms with van der Waals surface area (Å²) in [5, 5.41) is 0. The van der Waals surface area contributed by atoms with Gasteiger partial charge in [0.15, 0.2) is 0 Å². The van der Waals surface area contributed by atoms with Gasteiger partial charge in [0, 0.05) is 11.5 Å². The van der Waals surface area contributed by atoms with Crippen LogP contribution in [0.1, 0.15) is 34.5 Å². The summed E-state index contributed by atoms with van der Waals surface area (Å²) in [5.41, 5.74) is 2.22. The third-order valence-corrected chi connectivity index (χ3v) is 4.50. The Morgan fingerprint density at radius 1 is 1.23 bits per heavy atom. The van der Waals surface area contributed by atoms with Crippen LogP contribution < -0.4 is 10.3 Å². The van der Waals surface area contributed by atoms with Crippen molar-refractivity contribution in [2.45, 2.75) is 24.7 Å².